The lowest BCUT2D eigenvalue weighted by atomic mass is 9.79. The summed E-state index contributed by atoms with van der Waals surface area (Å²) in [5, 5.41) is 12.3. The van der Waals surface area contributed by atoms with Gasteiger partial charge in [-0.2, -0.15) is 5.26 Å². The topological polar surface area (TPSA) is 67.2 Å². The summed E-state index contributed by atoms with van der Waals surface area (Å²) in [6, 6.07) is 13.4. The first-order chi connectivity index (χ1) is 12.6. The van der Waals surface area contributed by atoms with Crippen LogP contribution in [0, 0.1) is 24.2 Å². The van der Waals surface area contributed by atoms with E-state index in [9.17, 15) is 0 Å². The Labute approximate surface area is 154 Å². The number of ether oxygens (including phenoxy) is 2. The molecule has 0 atom stereocenters. The maximum absolute atomic E-state index is 8.98. The quantitative estimate of drug-likeness (QED) is 0.835. The molecule has 134 valence electrons. The van der Waals surface area contributed by atoms with Gasteiger partial charge in [-0.25, -0.2) is 4.98 Å². The number of allylic oxidation sites excluding steroid dienone is 2. The number of nitriles is 1. The minimum absolute atomic E-state index is 0.172. The van der Waals surface area contributed by atoms with Crippen LogP contribution in [0.3, 0.4) is 0 Å². The van der Waals surface area contributed by atoms with Crippen LogP contribution in [0.2, 0.25) is 0 Å². The number of pyridine rings is 1. The summed E-state index contributed by atoms with van der Waals surface area (Å²) in [6.07, 6.45) is 4.10. The number of nitrogens with one attached hydrogen (secondary N) is 1. The number of nitrogens with zero attached hydrogens (tertiary/aromatic N) is 2. The van der Waals surface area contributed by atoms with Crippen LogP contribution in [0.15, 0.2) is 48.2 Å². The van der Waals surface area contributed by atoms with E-state index >= 15 is 0 Å². The Hall–Kier alpha value is -3.00. The second-order valence-electron chi connectivity index (χ2n) is 6.45. The van der Waals surface area contributed by atoms with Gasteiger partial charge in [0.05, 0.1) is 7.11 Å². The zero-order valence-electron chi connectivity index (χ0n) is 15.3. The van der Waals surface area contributed by atoms with E-state index in [0.29, 0.717) is 17.4 Å². The van der Waals surface area contributed by atoms with Gasteiger partial charge in [0.1, 0.15) is 23.7 Å². The van der Waals surface area contributed by atoms with Crippen molar-refractivity contribution in [2.75, 3.05) is 12.4 Å². The van der Waals surface area contributed by atoms with Crippen molar-refractivity contribution < 1.29 is 9.47 Å². The van der Waals surface area contributed by atoms with Gasteiger partial charge in [-0.15, -0.1) is 0 Å². The summed E-state index contributed by atoms with van der Waals surface area (Å²) in [4.78, 5) is 4.28. The predicted molar refractivity (Wildman–Crippen MR) is 101 cm³/mol. The summed E-state index contributed by atoms with van der Waals surface area (Å²) in [6.45, 7) is 4.05. The standard InChI is InChI=1S/C21H23N3O2/c1-4-18(24-21-7-5-6-16(13-22)23-21)15-11-17(12-15)26-20-10-14(2)8-9-19(20)25-3/h4-10,15,17H,11-12H2,1-3H3,(H,23,24)/b18-4+. The van der Waals surface area contributed by atoms with Crippen LogP contribution in [-0.2, 0) is 0 Å². The molecule has 0 spiro atoms. The Balaban J connectivity index is 1.60. The van der Waals surface area contributed by atoms with Crippen molar-refractivity contribution in [1.29, 1.82) is 5.26 Å². The molecule has 1 fully saturated rings. The van der Waals surface area contributed by atoms with Crippen LogP contribution in [0.5, 0.6) is 11.5 Å². The molecule has 1 aliphatic rings. The summed E-state index contributed by atoms with van der Waals surface area (Å²) in [5.41, 5.74) is 2.67. The number of hydrogen-bond acceptors (Lipinski definition) is 5. The highest BCUT2D eigenvalue weighted by molar-refractivity contribution is 5.45. The number of aryl methyl sites for hydroxylation is 1. The first-order valence-corrected chi connectivity index (χ1v) is 8.74. The summed E-state index contributed by atoms with van der Waals surface area (Å²) >= 11 is 0. The van der Waals surface area contributed by atoms with Crippen molar-refractivity contribution in [1.82, 2.24) is 4.98 Å². The fourth-order valence-corrected chi connectivity index (χ4v) is 3.10. The largest absolute Gasteiger partial charge is 0.493 e. The van der Waals surface area contributed by atoms with Gasteiger partial charge < -0.3 is 14.8 Å². The molecular formula is C21H23N3O2. The van der Waals surface area contributed by atoms with E-state index in [1.165, 1.54) is 0 Å². The molecule has 26 heavy (non-hydrogen) atoms. The summed E-state index contributed by atoms with van der Waals surface area (Å²) in [7, 11) is 1.66. The molecule has 1 heterocycles. The predicted octanol–water partition coefficient (Wildman–Crippen LogP) is 4.44. The molecule has 0 saturated heterocycles. The molecule has 0 unspecified atom stereocenters. The van der Waals surface area contributed by atoms with Crippen LogP contribution in [0.4, 0.5) is 5.82 Å². The normalized spacial score (nSPS) is 19.2. The van der Waals surface area contributed by atoms with Gasteiger partial charge in [0, 0.05) is 11.6 Å². The summed E-state index contributed by atoms with van der Waals surface area (Å²) < 4.78 is 11.5. The fourth-order valence-electron chi connectivity index (χ4n) is 3.10. The highest BCUT2D eigenvalue weighted by atomic mass is 16.5. The molecule has 5 heteroatoms. The minimum atomic E-state index is 0.172. The smallest absolute Gasteiger partial charge is 0.161 e. The van der Waals surface area contributed by atoms with E-state index in [-0.39, 0.29) is 6.10 Å². The molecule has 5 nitrogen and oxygen atoms in total. The third kappa shape index (κ3) is 3.97. The van der Waals surface area contributed by atoms with Crippen molar-refractivity contribution in [3.8, 4) is 17.6 Å². The number of methoxy groups -OCH3 is 1. The van der Waals surface area contributed by atoms with Crippen LogP contribution in [0.1, 0.15) is 31.0 Å². The van der Waals surface area contributed by atoms with E-state index in [4.69, 9.17) is 14.7 Å². The van der Waals surface area contributed by atoms with Gasteiger partial charge in [-0.05, 0) is 56.5 Å². The van der Waals surface area contributed by atoms with Gasteiger partial charge in [0.2, 0.25) is 0 Å². The number of rotatable bonds is 6. The van der Waals surface area contributed by atoms with Gasteiger partial charge in [0.15, 0.2) is 11.5 Å². The monoisotopic (exact) mass is 349 g/mol. The van der Waals surface area contributed by atoms with Crippen LogP contribution in [-0.4, -0.2) is 18.2 Å². The van der Waals surface area contributed by atoms with Crippen molar-refractivity contribution in [2.24, 2.45) is 5.92 Å². The van der Waals surface area contributed by atoms with Gasteiger partial charge in [-0.3, -0.25) is 0 Å². The van der Waals surface area contributed by atoms with Crippen molar-refractivity contribution in [3.05, 3.63) is 59.4 Å². The zero-order chi connectivity index (χ0) is 18.5. The number of aromatic nitrogens is 1. The molecule has 0 bridgehead atoms. The average Bonchev–Trinajstić information content (AvgIpc) is 2.63. The van der Waals surface area contributed by atoms with Gasteiger partial charge >= 0.3 is 0 Å². The lowest BCUT2D eigenvalue weighted by Crippen LogP contribution is -2.36. The highest BCUT2D eigenvalue weighted by Gasteiger charge is 2.34. The molecule has 1 aliphatic carbocycles. The van der Waals surface area contributed by atoms with Crippen molar-refractivity contribution in [3.63, 3.8) is 0 Å². The lowest BCUT2D eigenvalue weighted by molar-refractivity contribution is 0.0787. The van der Waals surface area contributed by atoms with E-state index in [0.717, 1.165) is 35.6 Å². The Morgan fingerprint density at radius 2 is 2.08 bits per heavy atom. The molecule has 0 radical (unpaired) electrons. The first kappa shape index (κ1) is 17.8. The van der Waals surface area contributed by atoms with Crippen molar-refractivity contribution >= 4 is 5.82 Å². The Morgan fingerprint density at radius 3 is 2.77 bits per heavy atom. The number of benzene rings is 1. The fraction of sp³-hybridized carbons (Fsp3) is 0.333. The average molecular weight is 349 g/mol. The third-order valence-corrected chi connectivity index (χ3v) is 4.59. The summed E-state index contributed by atoms with van der Waals surface area (Å²) in [5.74, 6) is 2.66. The SMILES string of the molecule is C/C=C(/Nc1cccc(C#N)n1)C1CC(Oc2cc(C)ccc2OC)C1. The maximum atomic E-state index is 8.98. The highest BCUT2D eigenvalue weighted by Crippen LogP contribution is 2.39. The Morgan fingerprint density at radius 1 is 1.27 bits per heavy atom. The first-order valence-electron chi connectivity index (χ1n) is 8.74. The van der Waals surface area contributed by atoms with Gasteiger partial charge in [0.25, 0.3) is 0 Å². The van der Waals surface area contributed by atoms with Crippen LogP contribution >= 0.6 is 0 Å². The molecule has 1 saturated carbocycles. The van der Waals surface area contributed by atoms with Crippen molar-refractivity contribution in [2.45, 2.75) is 32.8 Å². The van der Waals surface area contributed by atoms with E-state index < -0.39 is 0 Å². The molecule has 2 aromatic rings. The van der Waals surface area contributed by atoms with Crippen LogP contribution < -0.4 is 14.8 Å². The van der Waals surface area contributed by atoms with E-state index in [1.54, 1.807) is 13.2 Å². The molecule has 0 amide bonds. The Kier molecular flexibility index (Phi) is 5.43. The minimum Gasteiger partial charge on any atom is -0.493 e. The van der Waals surface area contributed by atoms with Crippen LogP contribution in [0.25, 0.3) is 0 Å². The van der Waals surface area contributed by atoms with E-state index in [1.807, 2.05) is 44.2 Å². The second kappa shape index (κ2) is 7.92. The third-order valence-electron chi connectivity index (χ3n) is 4.59. The number of hydrogen-bond donors (Lipinski definition) is 1. The molecule has 0 aliphatic heterocycles. The molecule has 1 aromatic carbocycles. The Bertz CT molecular complexity index is 849. The zero-order valence-corrected chi connectivity index (χ0v) is 15.3. The molecular weight excluding hydrogens is 326 g/mol. The van der Waals surface area contributed by atoms with Gasteiger partial charge in [-0.1, -0.05) is 18.2 Å². The lowest BCUT2D eigenvalue weighted by Gasteiger charge is -2.37. The van der Waals surface area contributed by atoms with E-state index in [2.05, 4.69) is 22.4 Å². The molecule has 1 N–H and O–H groups in total. The molecule has 1 aromatic heterocycles. The second-order valence-corrected chi connectivity index (χ2v) is 6.45. The maximum Gasteiger partial charge on any atom is 0.161 e. The number of anilines is 1. The molecule has 3 rings (SSSR count).